The molecule has 0 aromatic carbocycles. The molecule has 0 saturated carbocycles. The van der Waals surface area contributed by atoms with Crippen LogP contribution in [0.5, 0.6) is 0 Å². The molecule has 0 radical (unpaired) electrons. The summed E-state index contributed by atoms with van der Waals surface area (Å²) in [6, 6.07) is 6.58. The van der Waals surface area contributed by atoms with Gasteiger partial charge in [0.25, 0.3) is 5.56 Å². The molecule has 0 bridgehead atoms. The van der Waals surface area contributed by atoms with Gasteiger partial charge in [-0.3, -0.25) is 9.78 Å². The molecule has 2 heterocycles. The van der Waals surface area contributed by atoms with E-state index in [-0.39, 0.29) is 12.1 Å². The van der Waals surface area contributed by atoms with Gasteiger partial charge >= 0.3 is 0 Å². The van der Waals surface area contributed by atoms with Crippen LogP contribution >= 0.6 is 11.6 Å². The first-order valence-corrected chi connectivity index (χ1v) is 7.82. The maximum Gasteiger partial charge on any atom is 0.267 e. The molecule has 0 saturated heterocycles. The molecule has 2 rings (SSSR count). The van der Waals surface area contributed by atoms with Crippen molar-refractivity contribution in [2.45, 2.75) is 26.3 Å². The molecule has 0 aliphatic rings. The van der Waals surface area contributed by atoms with E-state index >= 15 is 0 Å². The van der Waals surface area contributed by atoms with Gasteiger partial charge in [-0.25, -0.2) is 4.68 Å². The first-order valence-electron chi connectivity index (χ1n) is 7.44. The first-order chi connectivity index (χ1) is 11.2. The van der Waals surface area contributed by atoms with Gasteiger partial charge in [-0.2, -0.15) is 5.10 Å². The van der Waals surface area contributed by atoms with E-state index in [9.17, 15) is 4.79 Å². The second-order valence-electron chi connectivity index (χ2n) is 4.84. The van der Waals surface area contributed by atoms with E-state index in [0.717, 1.165) is 12.8 Å². The van der Waals surface area contributed by atoms with Crippen LogP contribution in [0.4, 0.5) is 0 Å². The molecule has 0 atom stereocenters. The van der Waals surface area contributed by atoms with Gasteiger partial charge < -0.3 is 4.74 Å². The number of pyridine rings is 1. The Balaban J connectivity index is 2.02. The Morgan fingerprint density at radius 3 is 2.78 bits per heavy atom. The monoisotopic (exact) mass is 331 g/mol. The molecule has 0 unspecified atom stereocenters. The molecule has 0 aliphatic carbocycles. The lowest BCUT2D eigenvalue weighted by Crippen LogP contribution is -2.21. The number of halogens is 1. The summed E-state index contributed by atoms with van der Waals surface area (Å²) >= 11 is 5.82. The summed E-state index contributed by atoms with van der Waals surface area (Å²) in [6.07, 6.45) is 3.67. The molecule has 6 heteroatoms. The fourth-order valence-corrected chi connectivity index (χ4v) is 1.89. The Hall–Kier alpha value is -2.16. The summed E-state index contributed by atoms with van der Waals surface area (Å²) in [5.41, 5.74) is 1.05. The predicted octanol–water partition coefficient (Wildman–Crippen LogP) is 2.78. The Morgan fingerprint density at radius 1 is 1.22 bits per heavy atom. The topological polar surface area (TPSA) is 57.0 Å². The van der Waals surface area contributed by atoms with Crippen molar-refractivity contribution >= 4 is 11.6 Å². The van der Waals surface area contributed by atoms with E-state index in [1.165, 1.54) is 10.7 Å². The third-order valence-electron chi connectivity index (χ3n) is 3.03. The van der Waals surface area contributed by atoms with E-state index in [1.54, 1.807) is 24.4 Å². The molecular weight excluding hydrogens is 314 g/mol. The van der Waals surface area contributed by atoms with Crippen LogP contribution in [-0.2, 0) is 11.3 Å². The number of rotatable bonds is 6. The van der Waals surface area contributed by atoms with Crippen molar-refractivity contribution in [3.63, 3.8) is 0 Å². The maximum absolute atomic E-state index is 11.8. The Labute approximate surface area is 140 Å². The van der Waals surface area contributed by atoms with Crippen molar-refractivity contribution in [3.05, 3.63) is 45.8 Å². The van der Waals surface area contributed by atoms with Crippen LogP contribution in [0.3, 0.4) is 0 Å². The van der Waals surface area contributed by atoms with Crippen LogP contribution in [0.15, 0.2) is 35.3 Å². The van der Waals surface area contributed by atoms with Gasteiger partial charge in [-0.1, -0.05) is 36.8 Å². The average Bonchev–Trinajstić information content (AvgIpc) is 2.56. The normalized spacial score (nSPS) is 10.2. The molecule has 120 valence electrons. The zero-order chi connectivity index (χ0) is 16.5. The molecular formula is C17H18ClN3O2. The highest BCUT2D eigenvalue weighted by Gasteiger charge is 2.03. The van der Waals surface area contributed by atoms with Crippen LogP contribution < -0.4 is 5.56 Å². The molecule has 23 heavy (non-hydrogen) atoms. The Morgan fingerprint density at radius 2 is 2.04 bits per heavy atom. The van der Waals surface area contributed by atoms with Crippen molar-refractivity contribution < 1.29 is 4.74 Å². The average molecular weight is 332 g/mol. The molecule has 0 spiro atoms. The number of hydrogen-bond acceptors (Lipinski definition) is 4. The zero-order valence-corrected chi connectivity index (χ0v) is 13.7. The van der Waals surface area contributed by atoms with Crippen LogP contribution in [0.2, 0.25) is 5.02 Å². The second kappa shape index (κ2) is 9.09. The summed E-state index contributed by atoms with van der Waals surface area (Å²) < 4.78 is 6.65. The van der Waals surface area contributed by atoms with Gasteiger partial charge in [0.2, 0.25) is 0 Å². The Kier molecular flexibility index (Phi) is 6.79. The van der Waals surface area contributed by atoms with E-state index in [1.807, 2.05) is 0 Å². The highest BCUT2D eigenvalue weighted by molar-refractivity contribution is 6.30. The summed E-state index contributed by atoms with van der Waals surface area (Å²) in [4.78, 5) is 16.0. The number of ether oxygens (including phenoxy) is 1. The van der Waals surface area contributed by atoms with Crippen LogP contribution in [0.25, 0.3) is 11.4 Å². The van der Waals surface area contributed by atoms with Crippen molar-refractivity contribution in [1.82, 2.24) is 14.8 Å². The standard InChI is InChI=1S/C17H18ClN3O2/c1-2-3-11-23-12-5-4-10-21-17(22)9-8-16(20-21)15-7-6-14(18)13-19-15/h6-9,13H,2-3,10-12H2,1H3. The molecule has 0 fully saturated rings. The minimum absolute atomic E-state index is 0.205. The highest BCUT2D eigenvalue weighted by Crippen LogP contribution is 2.14. The maximum atomic E-state index is 11.8. The van der Waals surface area contributed by atoms with Crippen molar-refractivity contribution in [2.75, 3.05) is 13.2 Å². The van der Waals surface area contributed by atoms with Crippen molar-refractivity contribution in [2.24, 2.45) is 0 Å². The Bertz CT molecular complexity index is 745. The lowest BCUT2D eigenvalue weighted by molar-refractivity contribution is 0.163. The summed E-state index contributed by atoms with van der Waals surface area (Å²) in [7, 11) is 0. The third-order valence-corrected chi connectivity index (χ3v) is 3.25. The lowest BCUT2D eigenvalue weighted by atomic mass is 10.2. The molecule has 0 amide bonds. The van der Waals surface area contributed by atoms with Gasteiger partial charge in [-0.05, 0) is 24.6 Å². The number of hydrogen-bond donors (Lipinski definition) is 0. The van der Waals surface area contributed by atoms with Crippen LogP contribution in [0.1, 0.15) is 19.8 Å². The summed E-state index contributed by atoms with van der Waals surface area (Å²) in [5, 5.41) is 4.83. The van der Waals surface area contributed by atoms with Crippen LogP contribution in [0, 0.1) is 11.8 Å². The van der Waals surface area contributed by atoms with Gasteiger partial charge in [0.1, 0.15) is 18.8 Å². The lowest BCUT2D eigenvalue weighted by Gasteiger charge is -2.03. The van der Waals surface area contributed by atoms with Crippen molar-refractivity contribution in [1.29, 1.82) is 0 Å². The zero-order valence-electron chi connectivity index (χ0n) is 13.0. The number of unbranched alkanes of at least 4 members (excludes halogenated alkanes) is 1. The van der Waals surface area contributed by atoms with E-state index in [4.69, 9.17) is 16.3 Å². The minimum Gasteiger partial charge on any atom is -0.369 e. The van der Waals surface area contributed by atoms with E-state index < -0.39 is 0 Å². The SMILES string of the molecule is CCCCOCC#CCn1nc(-c2ccc(Cl)cn2)ccc1=O. The summed E-state index contributed by atoms with van der Waals surface area (Å²) in [6.45, 7) is 3.40. The smallest absolute Gasteiger partial charge is 0.267 e. The number of aromatic nitrogens is 3. The van der Waals surface area contributed by atoms with Gasteiger partial charge in [0.05, 0.1) is 10.7 Å². The molecule has 2 aromatic rings. The van der Waals surface area contributed by atoms with E-state index in [0.29, 0.717) is 29.6 Å². The molecule has 5 nitrogen and oxygen atoms in total. The van der Waals surface area contributed by atoms with Gasteiger partial charge in [0.15, 0.2) is 0 Å². The van der Waals surface area contributed by atoms with Crippen molar-refractivity contribution in [3.8, 4) is 23.2 Å². The second-order valence-corrected chi connectivity index (χ2v) is 5.27. The van der Waals surface area contributed by atoms with Gasteiger partial charge in [-0.15, -0.1) is 0 Å². The van der Waals surface area contributed by atoms with Gasteiger partial charge in [0, 0.05) is 18.9 Å². The first kappa shape index (κ1) is 17.2. The van der Waals surface area contributed by atoms with E-state index in [2.05, 4.69) is 28.8 Å². The summed E-state index contributed by atoms with van der Waals surface area (Å²) in [5.74, 6) is 5.77. The molecule has 0 aliphatic heterocycles. The minimum atomic E-state index is -0.205. The fraction of sp³-hybridized carbons (Fsp3) is 0.353. The molecule has 2 aromatic heterocycles. The largest absolute Gasteiger partial charge is 0.369 e. The fourth-order valence-electron chi connectivity index (χ4n) is 1.78. The number of nitrogens with zero attached hydrogens (tertiary/aromatic N) is 3. The highest BCUT2D eigenvalue weighted by atomic mass is 35.5. The predicted molar refractivity (Wildman–Crippen MR) is 90.2 cm³/mol. The quantitative estimate of drug-likeness (QED) is 0.603. The third kappa shape index (κ3) is 5.51. The van der Waals surface area contributed by atoms with Crippen LogP contribution in [-0.4, -0.2) is 28.0 Å². The molecule has 0 N–H and O–H groups in total.